The van der Waals surface area contributed by atoms with Crippen LogP contribution in [0.5, 0.6) is 0 Å². The number of carbonyl (C=O) groups excluding carboxylic acids is 1. The molecule has 0 aliphatic carbocycles. The maximum Gasteiger partial charge on any atom is 0.308 e. The van der Waals surface area contributed by atoms with Gasteiger partial charge >= 0.3 is 5.97 Å². The standard InChI is InChI=1S/C12H20N2O4/c1-8-5-14(6-10(8)12(16)17)11(15)4-9-7-18-3-2-13-9/h8-10,13H,2-7H2,1H3,(H,16,17). The number of hydrogen-bond acceptors (Lipinski definition) is 4. The van der Waals surface area contributed by atoms with E-state index in [4.69, 9.17) is 9.84 Å². The maximum atomic E-state index is 12.1. The molecule has 0 aromatic carbocycles. The topological polar surface area (TPSA) is 78.9 Å². The van der Waals surface area contributed by atoms with Crippen molar-refractivity contribution in [1.29, 1.82) is 0 Å². The molecule has 3 unspecified atom stereocenters. The lowest BCUT2D eigenvalue weighted by atomic mass is 9.99. The summed E-state index contributed by atoms with van der Waals surface area (Å²) < 4.78 is 5.30. The lowest BCUT2D eigenvalue weighted by molar-refractivity contribution is -0.142. The van der Waals surface area contributed by atoms with Crippen LogP contribution in [0.2, 0.25) is 0 Å². The first kappa shape index (κ1) is 13.3. The van der Waals surface area contributed by atoms with E-state index in [1.807, 2.05) is 6.92 Å². The Morgan fingerprint density at radius 3 is 2.78 bits per heavy atom. The highest BCUT2D eigenvalue weighted by atomic mass is 16.5. The second-order valence-electron chi connectivity index (χ2n) is 5.15. The Bertz CT molecular complexity index is 328. The van der Waals surface area contributed by atoms with E-state index in [9.17, 15) is 9.59 Å². The first-order valence-corrected chi connectivity index (χ1v) is 6.39. The summed E-state index contributed by atoms with van der Waals surface area (Å²) in [7, 11) is 0. The van der Waals surface area contributed by atoms with Gasteiger partial charge in [0.1, 0.15) is 0 Å². The number of likely N-dealkylation sites (tertiary alicyclic amines) is 1. The van der Waals surface area contributed by atoms with E-state index in [1.165, 1.54) is 0 Å². The van der Waals surface area contributed by atoms with Crippen molar-refractivity contribution in [1.82, 2.24) is 10.2 Å². The third-order valence-electron chi connectivity index (χ3n) is 3.70. The minimum Gasteiger partial charge on any atom is -0.481 e. The highest BCUT2D eigenvalue weighted by molar-refractivity contribution is 5.79. The van der Waals surface area contributed by atoms with E-state index >= 15 is 0 Å². The van der Waals surface area contributed by atoms with E-state index < -0.39 is 11.9 Å². The minimum absolute atomic E-state index is 0.0219. The molecular formula is C12H20N2O4. The van der Waals surface area contributed by atoms with Gasteiger partial charge in [0.05, 0.1) is 19.1 Å². The molecular weight excluding hydrogens is 236 g/mol. The molecule has 2 fully saturated rings. The number of nitrogens with zero attached hydrogens (tertiary/aromatic N) is 1. The predicted octanol–water partition coefficient (Wildman–Crippen LogP) is -0.456. The van der Waals surface area contributed by atoms with Crippen LogP contribution < -0.4 is 5.32 Å². The van der Waals surface area contributed by atoms with Gasteiger partial charge in [-0.15, -0.1) is 0 Å². The second kappa shape index (κ2) is 5.67. The van der Waals surface area contributed by atoms with Crippen LogP contribution in [0.1, 0.15) is 13.3 Å². The molecule has 0 bridgehead atoms. The Morgan fingerprint density at radius 1 is 1.44 bits per heavy atom. The number of carbonyl (C=O) groups is 2. The summed E-state index contributed by atoms with van der Waals surface area (Å²) in [5, 5.41) is 12.3. The number of carboxylic acid groups (broad SMARTS) is 1. The van der Waals surface area contributed by atoms with Crippen LogP contribution in [0.4, 0.5) is 0 Å². The van der Waals surface area contributed by atoms with Crippen molar-refractivity contribution in [2.24, 2.45) is 11.8 Å². The van der Waals surface area contributed by atoms with Crippen LogP contribution in [0.15, 0.2) is 0 Å². The van der Waals surface area contributed by atoms with E-state index in [0.29, 0.717) is 32.7 Å². The molecule has 2 aliphatic rings. The first-order chi connectivity index (χ1) is 8.58. The first-order valence-electron chi connectivity index (χ1n) is 6.39. The van der Waals surface area contributed by atoms with Crippen molar-refractivity contribution in [2.75, 3.05) is 32.8 Å². The van der Waals surface area contributed by atoms with Crippen LogP contribution in [0.25, 0.3) is 0 Å². The average molecular weight is 256 g/mol. The molecule has 0 aromatic rings. The highest BCUT2D eigenvalue weighted by Crippen LogP contribution is 2.23. The number of amides is 1. The van der Waals surface area contributed by atoms with Gasteiger partial charge in [0.25, 0.3) is 0 Å². The Balaban J connectivity index is 1.84. The minimum atomic E-state index is -0.808. The van der Waals surface area contributed by atoms with Gasteiger partial charge < -0.3 is 20.1 Å². The summed E-state index contributed by atoms with van der Waals surface area (Å²) in [6.45, 7) is 4.77. The van der Waals surface area contributed by atoms with Crippen LogP contribution in [0.3, 0.4) is 0 Å². The summed E-state index contributed by atoms with van der Waals surface area (Å²) in [5.41, 5.74) is 0. The van der Waals surface area contributed by atoms with Gasteiger partial charge in [0.15, 0.2) is 0 Å². The van der Waals surface area contributed by atoms with E-state index in [-0.39, 0.29) is 17.9 Å². The summed E-state index contributed by atoms with van der Waals surface area (Å²) >= 11 is 0. The van der Waals surface area contributed by atoms with Crippen molar-refractivity contribution < 1.29 is 19.4 Å². The van der Waals surface area contributed by atoms with Gasteiger partial charge in [0.2, 0.25) is 5.91 Å². The molecule has 2 heterocycles. The van der Waals surface area contributed by atoms with Gasteiger partial charge in [-0.2, -0.15) is 0 Å². The van der Waals surface area contributed by atoms with Crippen molar-refractivity contribution in [3.05, 3.63) is 0 Å². The van der Waals surface area contributed by atoms with Crippen molar-refractivity contribution in [2.45, 2.75) is 19.4 Å². The molecule has 0 spiro atoms. The molecule has 6 heteroatoms. The Morgan fingerprint density at radius 2 is 2.22 bits per heavy atom. The molecule has 102 valence electrons. The fourth-order valence-corrected chi connectivity index (χ4v) is 2.58. The lowest BCUT2D eigenvalue weighted by Gasteiger charge is -2.25. The normalized spacial score (nSPS) is 32.5. The Hall–Kier alpha value is -1.14. The predicted molar refractivity (Wildman–Crippen MR) is 64.1 cm³/mol. The summed E-state index contributed by atoms with van der Waals surface area (Å²) in [5.74, 6) is -1.18. The smallest absolute Gasteiger partial charge is 0.308 e. The van der Waals surface area contributed by atoms with E-state index in [2.05, 4.69) is 5.32 Å². The SMILES string of the molecule is CC1CN(C(=O)CC2COCCN2)CC1C(=O)O. The van der Waals surface area contributed by atoms with Crippen molar-refractivity contribution in [3.8, 4) is 0 Å². The molecule has 2 rings (SSSR count). The zero-order valence-corrected chi connectivity index (χ0v) is 10.6. The fraction of sp³-hybridized carbons (Fsp3) is 0.833. The van der Waals surface area contributed by atoms with Gasteiger partial charge in [-0.25, -0.2) is 0 Å². The molecule has 3 atom stereocenters. The monoisotopic (exact) mass is 256 g/mol. The molecule has 18 heavy (non-hydrogen) atoms. The fourth-order valence-electron chi connectivity index (χ4n) is 2.58. The van der Waals surface area contributed by atoms with Crippen molar-refractivity contribution >= 4 is 11.9 Å². The van der Waals surface area contributed by atoms with Crippen LogP contribution in [-0.4, -0.2) is 60.8 Å². The highest BCUT2D eigenvalue weighted by Gasteiger charge is 2.37. The number of nitrogens with one attached hydrogen (secondary N) is 1. The molecule has 2 N–H and O–H groups in total. The average Bonchev–Trinajstić information content (AvgIpc) is 2.73. The number of aliphatic carboxylic acids is 1. The number of ether oxygens (including phenoxy) is 1. The zero-order chi connectivity index (χ0) is 13.1. The molecule has 0 saturated carbocycles. The molecule has 2 aliphatic heterocycles. The van der Waals surface area contributed by atoms with Crippen molar-refractivity contribution in [3.63, 3.8) is 0 Å². The second-order valence-corrected chi connectivity index (χ2v) is 5.15. The van der Waals surface area contributed by atoms with Crippen LogP contribution in [0, 0.1) is 11.8 Å². The molecule has 0 radical (unpaired) electrons. The third kappa shape index (κ3) is 3.00. The number of hydrogen-bond donors (Lipinski definition) is 2. The third-order valence-corrected chi connectivity index (χ3v) is 3.70. The Labute approximate surface area is 106 Å². The largest absolute Gasteiger partial charge is 0.481 e. The van der Waals surface area contributed by atoms with Gasteiger partial charge in [-0.1, -0.05) is 6.92 Å². The molecule has 2 saturated heterocycles. The summed E-state index contributed by atoms with van der Waals surface area (Å²) in [6.07, 6.45) is 0.388. The molecule has 6 nitrogen and oxygen atoms in total. The van der Waals surface area contributed by atoms with E-state index in [0.717, 1.165) is 6.54 Å². The van der Waals surface area contributed by atoms with Gasteiger partial charge in [0, 0.05) is 32.1 Å². The lowest BCUT2D eigenvalue weighted by Crippen LogP contribution is -2.44. The van der Waals surface area contributed by atoms with Gasteiger partial charge in [-0.05, 0) is 5.92 Å². The maximum absolute atomic E-state index is 12.1. The van der Waals surface area contributed by atoms with E-state index in [1.54, 1.807) is 4.90 Å². The molecule has 1 amide bonds. The quantitative estimate of drug-likeness (QED) is 0.714. The Kier molecular flexibility index (Phi) is 4.19. The molecule has 0 aromatic heterocycles. The van der Waals surface area contributed by atoms with Gasteiger partial charge in [-0.3, -0.25) is 9.59 Å². The van der Waals surface area contributed by atoms with Crippen LogP contribution >= 0.6 is 0 Å². The summed E-state index contributed by atoms with van der Waals surface area (Å²) in [6, 6.07) is 0.0606. The van der Waals surface area contributed by atoms with Crippen LogP contribution in [-0.2, 0) is 14.3 Å². The number of carboxylic acids is 1. The number of rotatable bonds is 3. The summed E-state index contributed by atoms with van der Waals surface area (Å²) in [4.78, 5) is 24.7. The number of morpholine rings is 1. The zero-order valence-electron chi connectivity index (χ0n) is 10.6.